The van der Waals surface area contributed by atoms with E-state index in [-0.39, 0.29) is 6.04 Å². The van der Waals surface area contributed by atoms with Crippen LogP contribution in [0.2, 0.25) is 5.02 Å². The standard InChI is InChI=1S/C15H23ClN2S/c1-3-14-10-18(6-7-19-14)15-9-13(16)5-4-12(15)8-11(2)17/h4-5,9,11,14H,3,6-8,10,17H2,1-2H3. The summed E-state index contributed by atoms with van der Waals surface area (Å²) in [5.41, 5.74) is 8.56. The molecule has 2 rings (SSSR count). The summed E-state index contributed by atoms with van der Waals surface area (Å²) < 4.78 is 0. The molecule has 4 heteroatoms. The van der Waals surface area contributed by atoms with Gasteiger partial charge in [-0.05, 0) is 37.5 Å². The normalized spacial score (nSPS) is 21.5. The summed E-state index contributed by atoms with van der Waals surface area (Å²) in [7, 11) is 0. The van der Waals surface area contributed by atoms with E-state index in [1.165, 1.54) is 23.4 Å². The van der Waals surface area contributed by atoms with E-state index in [1.807, 2.05) is 6.07 Å². The van der Waals surface area contributed by atoms with E-state index in [1.54, 1.807) is 0 Å². The number of halogens is 1. The second kappa shape index (κ2) is 6.87. The summed E-state index contributed by atoms with van der Waals surface area (Å²) in [6, 6.07) is 6.38. The van der Waals surface area contributed by atoms with E-state index in [0.29, 0.717) is 0 Å². The van der Waals surface area contributed by atoms with Gasteiger partial charge in [0, 0.05) is 40.8 Å². The van der Waals surface area contributed by atoms with Gasteiger partial charge < -0.3 is 10.6 Å². The Hall–Kier alpha value is -0.380. The molecule has 2 atom stereocenters. The molecule has 1 fully saturated rings. The average Bonchev–Trinajstić information content (AvgIpc) is 2.40. The van der Waals surface area contributed by atoms with Crippen molar-refractivity contribution in [3.05, 3.63) is 28.8 Å². The number of thioether (sulfide) groups is 1. The molecule has 0 amide bonds. The smallest absolute Gasteiger partial charge is 0.0426 e. The van der Waals surface area contributed by atoms with Crippen LogP contribution < -0.4 is 10.6 Å². The minimum atomic E-state index is 0.182. The molecule has 2 N–H and O–H groups in total. The van der Waals surface area contributed by atoms with Crippen LogP contribution in [0.5, 0.6) is 0 Å². The molecule has 0 aromatic heterocycles. The molecule has 0 aliphatic carbocycles. The minimum absolute atomic E-state index is 0.182. The summed E-state index contributed by atoms with van der Waals surface area (Å²) in [4.78, 5) is 2.48. The predicted octanol–water partition coefficient (Wildman–Crippen LogP) is 3.56. The Kier molecular flexibility index (Phi) is 5.43. The third kappa shape index (κ3) is 4.04. The van der Waals surface area contributed by atoms with E-state index in [2.05, 4.69) is 42.6 Å². The number of hydrogen-bond acceptors (Lipinski definition) is 3. The van der Waals surface area contributed by atoms with Crippen molar-refractivity contribution in [3.63, 3.8) is 0 Å². The highest BCUT2D eigenvalue weighted by atomic mass is 35.5. The van der Waals surface area contributed by atoms with Crippen molar-refractivity contribution >= 4 is 29.1 Å². The number of nitrogens with two attached hydrogens (primary N) is 1. The first-order valence-corrected chi connectivity index (χ1v) is 8.43. The summed E-state index contributed by atoms with van der Waals surface area (Å²) in [6.07, 6.45) is 2.14. The molecular weight excluding hydrogens is 276 g/mol. The molecule has 1 aliphatic rings. The lowest BCUT2D eigenvalue weighted by Gasteiger charge is -2.35. The highest BCUT2D eigenvalue weighted by Crippen LogP contribution is 2.30. The van der Waals surface area contributed by atoms with Crippen LogP contribution in [0.25, 0.3) is 0 Å². The Morgan fingerprint density at radius 2 is 2.32 bits per heavy atom. The molecule has 0 bridgehead atoms. The SMILES string of the molecule is CCC1CN(c2cc(Cl)ccc2CC(C)N)CCS1. The van der Waals surface area contributed by atoms with Crippen molar-refractivity contribution in [2.75, 3.05) is 23.7 Å². The molecule has 1 saturated heterocycles. The van der Waals surface area contributed by atoms with Gasteiger partial charge in [-0.2, -0.15) is 11.8 Å². The van der Waals surface area contributed by atoms with Gasteiger partial charge in [-0.15, -0.1) is 0 Å². The van der Waals surface area contributed by atoms with Gasteiger partial charge in [0.05, 0.1) is 0 Å². The van der Waals surface area contributed by atoms with Crippen LogP contribution in [0.15, 0.2) is 18.2 Å². The monoisotopic (exact) mass is 298 g/mol. The Morgan fingerprint density at radius 3 is 3.00 bits per heavy atom. The molecule has 0 saturated carbocycles. The third-order valence-electron chi connectivity index (χ3n) is 3.52. The Balaban J connectivity index is 2.23. The second-order valence-electron chi connectivity index (χ2n) is 5.30. The quantitative estimate of drug-likeness (QED) is 0.921. The van der Waals surface area contributed by atoms with E-state index < -0.39 is 0 Å². The van der Waals surface area contributed by atoms with Crippen LogP contribution in [0.3, 0.4) is 0 Å². The molecule has 2 unspecified atom stereocenters. The molecule has 1 aliphatic heterocycles. The number of nitrogens with zero attached hydrogens (tertiary/aromatic N) is 1. The largest absolute Gasteiger partial charge is 0.369 e. The van der Waals surface area contributed by atoms with E-state index in [0.717, 1.165) is 29.8 Å². The van der Waals surface area contributed by atoms with Gasteiger partial charge in [-0.1, -0.05) is 24.6 Å². The zero-order valence-electron chi connectivity index (χ0n) is 11.7. The van der Waals surface area contributed by atoms with E-state index in [9.17, 15) is 0 Å². The van der Waals surface area contributed by atoms with Gasteiger partial charge >= 0.3 is 0 Å². The lowest BCUT2D eigenvalue weighted by atomic mass is 10.0. The topological polar surface area (TPSA) is 29.3 Å². The molecule has 0 radical (unpaired) electrons. The van der Waals surface area contributed by atoms with Crippen molar-refractivity contribution in [3.8, 4) is 0 Å². The molecule has 106 valence electrons. The first-order valence-electron chi connectivity index (χ1n) is 7.00. The van der Waals surface area contributed by atoms with Gasteiger partial charge in [-0.3, -0.25) is 0 Å². The molecular formula is C15H23ClN2S. The Labute approximate surface area is 125 Å². The lowest BCUT2D eigenvalue weighted by molar-refractivity contribution is 0.707. The first-order chi connectivity index (χ1) is 9.10. The van der Waals surface area contributed by atoms with Gasteiger partial charge in [0.25, 0.3) is 0 Å². The maximum atomic E-state index is 6.18. The third-order valence-corrected chi connectivity index (χ3v) is 5.13. The van der Waals surface area contributed by atoms with Crippen molar-refractivity contribution in [2.24, 2.45) is 5.73 Å². The van der Waals surface area contributed by atoms with Crippen molar-refractivity contribution in [2.45, 2.75) is 38.0 Å². The Bertz CT molecular complexity index is 423. The molecule has 1 heterocycles. The van der Waals surface area contributed by atoms with Crippen LogP contribution in [-0.2, 0) is 6.42 Å². The molecule has 19 heavy (non-hydrogen) atoms. The maximum Gasteiger partial charge on any atom is 0.0426 e. The molecule has 0 spiro atoms. The Morgan fingerprint density at radius 1 is 1.53 bits per heavy atom. The van der Waals surface area contributed by atoms with Crippen molar-refractivity contribution in [1.29, 1.82) is 0 Å². The fourth-order valence-electron chi connectivity index (χ4n) is 2.54. The lowest BCUT2D eigenvalue weighted by Crippen LogP contribution is -2.38. The van der Waals surface area contributed by atoms with E-state index in [4.69, 9.17) is 17.3 Å². The van der Waals surface area contributed by atoms with Gasteiger partial charge in [0.2, 0.25) is 0 Å². The minimum Gasteiger partial charge on any atom is -0.369 e. The second-order valence-corrected chi connectivity index (χ2v) is 7.15. The van der Waals surface area contributed by atoms with Crippen molar-refractivity contribution < 1.29 is 0 Å². The summed E-state index contributed by atoms with van der Waals surface area (Å²) >= 11 is 8.27. The number of benzene rings is 1. The zero-order valence-corrected chi connectivity index (χ0v) is 13.3. The average molecular weight is 299 g/mol. The van der Waals surface area contributed by atoms with E-state index >= 15 is 0 Å². The van der Waals surface area contributed by atoms with Crippen molar-refractivity contribution in [1.82, 2.24) is 0 Å². The molecule has 1 aromatic carbocycles. The summed E-state index contributed by atoms with van der Waals surface area (Å²) in [5.74, 6) is 1.20. The van der Waals surface area contributed by atoms with Crippen LogP contribution in [0.4, 0.5) is 5.69 Å². The predicted molar refractivity (Wildman–Crippen MR) is 87.6 cm³/mol. The fourth-order valence-corrected chi connectivity index (χ4v) is 3.88. The highest BCUT2D eigenvalue weighted by Gasteiger charge is 2.21. The summed E-state index contributed by atoms with van der Waals surface area (Å²) in [5, 5.41) is 1.55. The highest BCUT2D eigenvalue weighted by molar-refractivity contribution is 8.00. The molecule has 1 aromatic rings. The van der Waals surface area contributed by atoms with Gasteiger partial charge in [0.1, 0.15) is 0 Å². The summed E-state index contributed by atoms with van der Waals surface area (Å²) in [6.45, 7) is 6.54. The van der Waals surface area contributed by atoms with Crippen LogP contribution in [0, 0.1) is 0 Å². The van der Waals surface area contributed by atoms with Crippen LogP contribution in [0.1, 0.15) is 25.8 Å². The zero-order chi connectivity index (χ0) is 13.8. The van der Waals surface area contributed by atoms with Crippen LogP contribution in [-0.4, -0.2) is 30.1 Å². The number of rotatable bonds is 4. The number of anilines is 1. The maximum absolute atomic E-state index is 6.18. The van der Waals surface area contributed by atoms with Gasteiger partial charge in [0.15, 0.2) is 0 Å². The fraction of sp³-hybridized carbons (Fsp3) is 0.600. The number of hydrogen-bond donors (Lipinski definition) is 1. The first kappa shape index (κ1) is 15.0. The van der Waals surface area contributed by atoms with Gasteiger partial charge in [-0.25, -0.2) is 0 Å². The molecule has 2 nitrogen and oxygen atoms in total. The van der Waals surface area contributed by atoms with Crippen LogP contribution >= 0.6 is 23.4 Å².